The maximum absolute atomic E-state index is 5.80. The van der Waals surface area contributed by atoms with Gasteiger partial charge in [0.15, 0.2) is 11.5 Å². The summed E-state index contributed by atoms with van der Waals surface area (Å²) >= 11 is 0. The van der Waals surface area contributed by atoms with Gasteiger partial charge in [-0.2, -0.15) is 0 Å². The zero-order valence-electron chi connectivity index (χ0n) is 11.5. The Balaban J connectivity index is 1.97. The van der Waals surface area contributed by atoms with Crippen molar-refractivity contribution >= 4 is 0 Å². The average Bonchev–Trinajstić information content (AvgIpc) is 2.86. The molecule has 2 unspecified atom stereocenters. The number of hydrogen-bond donors (Lipinski definition) is 0. The summed E-state index contributed by atoms with van der Waals surface area (Å²) in [5, 5.41) is 0. The van der Waals surface area contributed by atoms with Crippen molar-refractivity contribution in [3.05, 3.63) is 23.3 Å². The van der Waals surface area contributed by atoms with Crippen LogP contribution in [0.5, 0.6) is 11.5 Å². The molecular weight excluding hydrogens is 244 g/mol. The van der Waals surface area contributed by atoms with Crippen LogP contribution in [0.15, 0.2) is 12.1 Å². The van der Waals surface area contributed by atoms with Gasteiger partial charge in [-0.3, -0.25) is 0 Å². The Bertz CT molecular complexity index is 458. The number of rotatable bonds is 3. The van der Waals surface area contributed by atoms with Gasteiger partial charge in [0.2, 0.25) is 6.79 Å². The summed E-state index contributed by atoms with van der Waals surface area (Å²) in [6, 6.07) is 4.19. The lowest BCUT2D eigenvalue weighted by Gasteiger charge is -2.31. The molecule has 3 rings (SSSR count). The zero-order valence-corrected chi connectivity index (χ0v) is 11.5. The van der Waals surface area contributed by atoms with Gasteiger partial charge in [-0.05, 0) is 29.7 Å². The molecule has 0 spiro atoms. The van der Waals surface area contributed by atoms with E-state index in [0.29, 0.717) is 19.5 Å². The first-order valence-electron chi connectivity index (χ1n) is 6.91. The molecule has 0 radical (unpaired) electrons. The Morgan fingerprint density at radius 1 is 1.16 bits per heavy atom. The van der Waals surface area contributed by atoms with Gasteiger partial charge in [0.1, 0.15) is 6.79 Å². The minimum atomic E-state index is 0.0878. The van der Waals surface area contributed by atoms with Crippen molar-refractivity contribution in [2.24, 2.45) is 5.92 Å². The molecule has 0 N–H and O–H groups in total. The molecule has 2 aliphatic heterocycles. The second-order valence-corrected chi connectivity index (χ2v) is 5.21. The third kappa shape index (κ3) is 2.42. The van der Waals surface area contributed by atoms with E-state index in [-0.39, 0.29) is 6.10 Å². The van der Waals surface area contributed by atoms with Crippen LogP contribution in [0.3, 0.4) is 0 Å². The predicted octanol–water partition coefficient (Wildman–Crippen LogP) is 3.05. The van der Waals surface area contributed by atoms with Crippen molar-refractivity contribution < 1.29 is 18.9 Å². The molecule has 0 aliphatic carbocycles. The predicted molar refractivity (Wildman–Crippen MR) is 70.4 cm³/mol. The second kappa shape index (κ2) is 5.39. The highest BCUT2D eigenvalue weighted by molar-refractivity contribution is 5.49. The van der Waals surface area contributed by atoms with E-state index in [1.54, 1.807) is 0 Å². The van der Waals surface area contributed by atoms with Crippen molar-refractivity contribution in [2.45, 2.75) is 32.8 Å². The van der Waals surface area contributed by atoms with Crippen LogP contribution in [0, 0.1) is 5.92 Å². The molecule has 0 bridgehead atoms. The minimum Gasteiger partial charge on any atom is -0.454 e. The van der Waals surface area contributed by atoms with E-state index in [1.165, 1.54) is 11.1 Å². The van der Waals surface area contributed by atoms with Gasteiger partial charge in [0.05, 0.1) is 12.7 Å². The molecule has 0 amide bonds. The summed E-state index contributed by atoms with van der Waals surface area (Å²) < 4.78 is 22.1. The Morgan fingerprint density at radius 3 is 2.68 bits per heavy atom. The van der Waals surface area contributed by atoms with Crippen LogP contribution in [-0.2, 0) is 15.9 Å². The highest BCUT2D eigenvalue weighted by Crippen LogP contribution is 2.40. The van der Waals surface area contributed by atoms with Crippen molar-refractivity contribution in [3.8, 4) is 11.5 Å². The first-order valence-corrected chi connectivity index (χ1v) is 6.91. The van der Waals surface area contributed by atoms with Crippen molar-refractivity contribution in [2.75, 3.05) is 20.2 Å². The first-order chi connectivity index (χ1) is 9.29. The van der Waals surface area contributed by atoms with Gasteiger partial charge in [-0.1, -0.05) is 20.3 Å². The van der Waals surface area contributed by atoms with E-state index in [9.17, 15) is 0 Å². The van der Waals surface area contributed by atoms with Crippen LogP contribution in [0.25, 0.3) is 0 Å². The van der Waals surface area contributed by atoms with Gasteiger partial charge in [0.25, 0.3) is 0 Å². The molecule has 19 heavy (non-hydrogen) atoms. The molecule has 2 aliphatic rings. The number of benzene rings is 1. The number of fused-ring (bicyclic) bond motifs is 1. The maximum atomic E-state index is 5.80. The lowest BCUT2D eigenvalue weighted by molar-refractivity contribution is -0.168. The molecule has 0 aromatic heterocycles. The molecule has 2 atom stereocenters. The minimum absolute atomic E-state index is 0.0878. The second-order valence-electron chi connectivity index (χ2n) is 5.21. The average molecular weight is 264 g/mol. The topological polar surface area (TPSA) is 36.9 Å². The van der Waals surface area contributed by atoms with Gasteiger partial charge >= 0.3 is 0 Å². The first kappa shape index (κ1) is 12.8. The number of ether oxygens (including phenoxy) is 4. The fraction of sp³-hybridized carbons (Fsp3) is 0.600. The van der Waals surface area contributed by atoms with Crippen molar-refractivity contribution in [1.82, 2.24) is 0 Å². The molecular formula is C15H20O4. The summed E-state index contributed by atoms with van der Waals surface area (Å²) in [7, 11) is 0. The largest absolute Gasteiger partial charge is 0.454 e. The molecule has 4 heteroatoms. The number of hydrogen-bond acceptors (Lipinski definition) is 4. The Labute approximate surface area is 113 Å². The summed E-state index contributed by atoms with van der Waals surface area (Å²) in [6.45, 7) is 5.76. The van der Waals surface area contributed by atoms with Gasteiger partial charge < -0.3 is 18.9 Å². The van der Waals surface area contributed by atoms with E-state index < -0.39 is 0 Å². The van der Waals surface area contributed by atoms with E-state index in [2.05, 4.69) is 26.0 Å². The molecule has 104 valence electrons. The van der Waals surface area contributed by atoms with Crippen molar-refractivity contribution in [1.29, 1.82) is 0 Å². The molecule has 1 fully saturated rings. The van der Waals surface area contributed by atoms with E-state index in [4.69, 9.17) is 18.9 Å². The van der Waals surface area contributed by atoms with Gasteiger partial charge in [-0.15, -0.1) is 0 Å². The van der Waals surface area contributed by atoms with E-state index >= 15 is 0 Å². The molecule has 4 nitrogen and oxygen atoms in total. The Morgan fingerprint density at radius 2 is 1.95 bits per heavy atom. The zero-order chi connectivity index (χ0) is 13.2. The maximum Gasteiger partial charge on any atom is 0.231 e. The fourth-order valence-electron chi connectivity index (χ4n) is 2.75. The number of aryl methyl sites for hydroxylation is 1. The summed E-state index contributed by atoms with van der Waals surface area (Å²) in [6.07, 6.45) is 2.22. The van der Waals surface area contributed by atoms with Crippen LogP contribution >= 0.6 is 0 Å². The summed E-state index contributed by atoms with van der Waals surface area (Å²) in [5.41, 5.74) is 2.52. The summed E-state index contributed by atoms with van der Waals surface area (Å²) in [4.78, 5) is 0. The highest BCUT2D eigenvalue weighted by Gasteiger charge is 2.28. The standard InChI is InChI=1S/C15H20O4/c1-3-4-11-5-13-14(18-9-17-13)6-12(11)15-10(2)7-16-8-19-15/h5-6,10,15H,3-4,7-9H2,1-2H3. The van der Waals surface area contributed by atoms with E-state index in [0.717, 1.165) is 30.9 Å². The molecule has 2 heterocycles. The van der Waals surface area contributed by atoms with Crippen LogP contribution in [0.1, 0.15) is 37.5 Å². The third-order valence-corrected chi connectivity index (χ3v) is 3.69. The molecule has 1 saturated heterocycles. The fourth-order valence-corrected chi connectivity index (χ4v) is 2.75. The van der Waals surface area contributed by atoms with Crippen LogP contribution in [0.2, 0.25) is 0 Å². The van der Waals surface area contributed by atoms with E-state index in [1.807, 2.05) is 0 Å². The Hall–Kier alpha value is -1.26. The third-order valence-electron chi connectivity index (χ3n) is 3.69. The van der Waals surface area contributed by atoms with Crippen LogP contribution in [0.4, 0.5) is 0 Å². The van der Waals surface area contributed by atoms with Crippen LogP contribution < -0.4 is 9.47 Å². The quantitative estimate of drug-likeness (QED) is 0.841. The van der Waals surface area contributed by atoms with Crippen molar-refractivity contribution in [3.63, 3.8) is 0 Å². The SMILES string of the molecule is CCCc1cc2c(cc1C1OCOCC1C)OCO2. The molecule has 1 aromatic rings. The lowest BCUT2D eigenvalue weighted by Crippen LogP contribution is -2.26. The Kier molecular flexibility index (Phi) is 3.62. The lowest BCUT2D eigenvalue weighted by atomic mass is 9.91. The smallest absolute Gasteiger partial charge is 0.231 e. The molecule has 0 saturated carbocycles. The van der Waals surface area contributed by atoms with Gasteiger partial charge in [0, 0.05) is 5.92 Å². The highest BCUT2D eigenvalue weighted by atomic mass is 16.7. The summed E-state index contributed by atoms with van der Waals surface area (Å²) in [5.74, 6) is 2.04. The van der Waals surface area contributed by atoms with Gasteiger partial charge in [-0.25, -0.2) is 0 Å². The van der Waals surface area contributed by atoms with Crippen LogP contribution in [-0.4, -0.2) is 20.2 Å². The monoisotopic (exact) mass is 264 g/mol. The molecule has 1 aromatic carbocycles. The normalized spacial score (nSPS) is 25.6.